The largest absolute Gasteiger partial charge is 0.394 e. The number of rotatable bonds is 2. The normalized spacial score (nSPS) is 28.5. The number of aromatic amines is 1. The minimum Gasteiger partial charge on any atom is -0.394 e. The summed E-state index contributed by atoms with van der Waals surface area (Å²) in [4.78, 5) is 25.4. The van der Waals surface area contributed by atoms with Gasteiger partial charge in [0.15, 0.2) is 0 Å². The van der Waals surface area contributed by atoms with Gasteiger partial charge in [-0.15, -0.1) is 0 Å². The SMILES string of the molecule is Cn1c(=O)[nH]cc(C2CC(O)C(CO)O2)c1=O. The van der Waals surface area contributed by atoms with Crippen molar-refractivity contribution in [3.63, 3.8) is 0 Å². The summed E-state index contributed by atoms with van der Waals surface area (Å²) in [6, 6.07) is 0. The van der Waals surface area contributed by atoms with Gasteiger partial charge in [-0.05, 0) is 0 Å². The van der Waals surface area contributed by atoms with E-state index in [2.05, 4.69) is 4.98 Å². The van der Waals surface area contributed by atoms with Crippen LogP contribution in [0, 0.1) is 0 Å². The first-order valence-electron chi connectivity index (χ1n) is 5.27. The van der Waals surface area contributed by atoms with Crippen molar-refractivity contribution >= 4 is 0 Å². The molecule has 1 aliphatic heterocycles. The van der Waals surface area contributed by atoms with Crippen molar-refractivity contribution < 1.29 is 14.9 Å². The van der Waals surface area contributed by atoms with Crippen molar-refractivity contribution in [2.24, 2.45) is 7.05 Å². The lowest BCUT2D eigenvalue weighted by molar-refractivity contribution is -0.0230. The quantitative estimate of drug-likeness (QED) is 0.571. The molecule has 0 saturated carbocycles. The standard InChI is InChI=1S/C10H14N2O5/c1-12-9(15)5(3-11-10(12)16)7-2-6(14)8(4-13)17-7/h3,6-8,13-14H,2,4H2,1H3,(H,11,16). The van der Waals surface area contributed by atoms with E-state index in [1.165, 1.54) is 13.2 Å². The number of hydrogen-bond acceptors (Lipinski definition) is 5. The molecule has 1 aromatic heterocycles. The van der Waals surface area contributed by atoms with Gasteiger partial charge in [-0.25, -0.2) is 4.79 Å². The first-order chi connectivity index (χ1) is 8.04. The highest BCUT2D eigenvalue weighted by atomic mass is 16.5. The predicted octanol–water partition coefficient (Wildman–Crippen LogP) is -1.74. The smallest absolute Gasteiger partial charge is 0.328 e. The Morgan fingerprint density at radius 1 is 1.59 bits per heavy atom. The Morgan fingerprint density at radius 3 is 2.88 bits per heavy atom. The van der Waals surface area contributed by atoms with Crippen LogP contribution < -0.4 is 11.2 Å². The molecule has 1 fully saturated rings. The first kappa shape index (κ1) is 12.0. The zero-order valence-electron chi connectivity index (χ0n) is 9.29. The van der Waals surface area contributed by atoms with E-state index in [1.807, 2.05) is 0 Å². The Labute approximate surface area is 96.3 Å². The molecule has 1 aromatic rings. The lowest BCUT2D eigenvalue weighted by Gasteiger charge is -2.11. The van der Waals surface area contributed by atoms with Crippen LogP contribution in [-0.2, 0) is 11.8 Å². The maximum atomic E-state index is 11.8. The molecule has 0 amide bonds. The highest BCUT2D eigenvalue weighted by Gasteiger charge is 2.35. The monoisotopic (exact) mass is 242 g/mol. The minimum atomic E-state index is -0.804. The lowest BCUT2D eigenvalue weighted by atomic mass is 10.1. The molecule has 94 valence electrons. The Kier molecular flexibility index (Phi) is 3.14. The summed E-state index contributed by atoms with van der Waals surface area (Å²) in [6.45, 7) is -0.304. The zero-order valence-corrected chi connectivity index (χ0v) is 9.29. The van der Waals surface area contributed by atoms with Crippen LogP contribution >= 0.6 is 0 Å². The molecule has 3 atom stereocenters. The van der Waals surface area contributed by atoms with Crippen molar-refractivity contribution in [1.82, 2.24) is 9.55 Å². The van der Waals surface area contributed by atoms with E-state index in [1.54, 1.807) is 0 Å². The van der Waals surface area contributed by atoms with Gasteiger partial charge in [0.1, 0.15) is 6.10 Å². The summed E-state index contributed by atoms with van der Waals surface area (Å²) >= 11 is 0. The number of aliphatic hydroxyl groups excluding tert-OH is 2. The van der Waals surface area contributed by atoms with E-state index in [-0.39, 0.29) is 18.6 Å². The molecule has 2 heterocycles. The maximum Gasteiger partial charge on any atom is 0.328 e. The third-order valence-corrected chi connectivity index (χ3v) is 2.96. The van der Waals surface area contributed by atoms with Crippen molar-refractivity contribution in [3.05, 3.63) is 32.6 Å². The van der Waals surface area contributed by atoms with Crippen LogP contribution in [0.1, 0.15) is 18.1 Å². The maximum absolute atomic E-state index is 11.8. The van der Waals surface area contributed by atoms with E-state index in [4.69, 9.17) is 9.84 Å². The average molecular weight is 242 g/mol. The third-order valence-electron chi connectivity index (χ3n) is 2.96. The molecular formula is C10H14N2O5. The van der Waals surface area contributed by atoms with Crippen molar-refractivity contribution in [2.75, 3.05) is 6.61 Å². The van der Waals surface area contributed by atoms with Gasteiger partial charge in [0.2, 0.25) is 0 Å². The fourth-order valence-corrected chi connectivity index (χ4v) is 1.91. The minimum absolute atomic E-state index is 0.229. The van der Waals surface area contributed by atoms with Crippen molar-refractivity contribution in [3.8, 4) is 0 Å². The third kappa shape index (κ3) is 2.04. The van der Waals surface area contributed by atoms with E-state index in [9.17, 15) is 14.7 Å². The highest BCUT2D eigenvalue weighted by molar-refractivity contribution is 5.11. The summed E-state index contributed by atoms with van der Waals surface area (Å²) in [7, 11) is 1.36. The fourth-order valence-electron chi connectivity index (χ4n) is 1.91. The van der Waals surface area contributed by atoms with Gasteiger partial charge in [0.05, 0.1) is 24.4 Å². The van der Waals surface area contributed by atoms with Gasteiger partial charge in [-0.1, -0.05) is 0 Å². The molecule has 1 saturated heterocycles. The van der Waals surface area contributed by atoms with Crippen LogP contribution in [0.15, 0.2) is 15.8 Å². The van der Waals surface area contributed by atoms with Crippen LogP contribution in [0.3, 0.4) is 0 Å². The number of aliphatic hydroxyl groups is 2. The zero-order chi connectivity index (χ0) is 12.6. The summed E-state index contributed by atoms with van der Waals surface area (Å²) in [5.41, 5.74) is -0.678. The number of hydrogen-bond donors (Lipinski definition) is 3. The van der Waals surface area contributed by atoms with Gasteiger partial charge in [-0.2, -0.15) is 0 Å². The van der Waals surface area contributed by atoms with E-state index in [0.717, 1.165) is 4.57 Å². The molecule has 7 heteroatoms. The van der Waals surface area contributed by atoms with Crippen LogP contribution in [0.5, 0.6) is 0 Å². The van der Waals surface area contributed by atoms with Crippen LogP contribution in [0.25, 0.3) is 0 Å². The van der Waals surface area contributed by atoms with Gasteiger partial charge in [0.25, 0.3) is 5.56 Å². The van der Waals surface area contributed by atoms with Gasteiger partial charge >= 0.3 is 5.69 Å². The molecule has 0 radical (unpaired) electrons. The number of ether oxygens (including phenoxy) is 1. The molecule has 7 nitrogen and oxygen atoms in total. The second-order valence-corrected chi connectivity index (χ2v) is 4.06. The highest BCUT2D eigenvalue weighted by Crippen LogP contribution is 2.30. The Balaban J connectivity index is 2.34. The van der Waals surface area contributed by atoms with Crippen LogP contribution in [0.2, 0.25) is 0 Å². The topological polar surface area (TPSA) is 105 Å². The molecule has 0 aliphatic carbocycles. The molecule has 0 bridgehead atoms. The summed E-state index contributed by atoms with van der Waals surface area (Å²) < 4.78 is 6.29. The number of H-pyrrole nitrogens is 1. The van der Waals surface area contributed by atoms with E-state index < -0.39 is 29.6 Å². The van der Waals surface area contributed by atoms with E-state index >= 15 is 0 Å². The molecule has 0 spiro atoms. The molecule has 3 unspecified atom stereocenters. The number of nitrogens with one attached hydrogen (secondary N) is 1. The van der Waals surface area contributed by atoms with E-state index in [0.29, 0.717) is 0 Å². The Morgan fingerprint density at radius 2 is 2.29 bits per heavy atom. The fraction of sp³-hybridized carbons (Fsp3) is 0.600. The van der Waals surface area contributed by atoms with Gasteiger partial charge in [0, 0.05) is 19.7 Å². The van der Waals surface area contributed by atoms with Crippen LogP contribution in [-0.4, -0.2) is 38.6 Å². The lowest BCUT2D eigenvalue weighted by Crippen LogP contribution is -2.35. The van der Waals surface area contributed by atoms with Gasteiger partial charge < -0.3 is 19.9 Å². The first-order valence-corrected chi connectivity index (χ1v) is 5.27. The summed E-state index contributed by atoms with van der Waals surface area (Å²) in [5.74, 6) is 0. The number of aromatic nitrogens is 2. The molecule has 1 aliphatic rings. The number of nitrogens with zero attached hydrogens (tertiary/aromatic N) is 1. The summed E-state index contributed by atoms with van der Waals surface area (Å²) in [6.07, 6.45) is -0.565. The Hall–Kier alpha value is -1.44. The second-order valence-electron chi connectivity index (χ2n) is 4.06. The summed E-state index contributed by atoms with van der Waals surface area (Å²) in [5, 5.41) is 18.5. The predicted molar refractivity (Wildman–Crippen MR) is 57.6 cm³/mol. The second kappa shape index (κ2) is 4.44. The van der Waals surface area contributed by atoms with Crippen LogP contribution in [0.4, 0.5) is 0 Å². The molecule has 17 heavy (non-hydrogen) atoms. The van der Waals surface area contributed by atoms with Crippen molar-refractivity contribution in [1.29, 1.82) is 0 Å². The molecular weight excluding hydrogens is 228 g/mol. The molecule has 3 N–H and O–H groups in total. The Bertz CT molecular complexity index is 520. The van der Waals surface area contributed by atoms with Gasteiger partial charge in [-0.3, -0.25) is 9.36 Å². The molecule has 0 aromatic carbocycles. The van der Waals surface area contributed by atoms with Crippen molar-refractivity contribution in [2.45, 2.75) is 24.7 Å². The average Bonchev–Trinajstić information content (AvgIpc) is 2.67. The molecule has 2 rings (SSSR count).